The summed E-state index contributed by atoms with van der Waals surface area (Å²) in [6.07, 6.45) is 0. The zero-order valence-corrected chi connectivity index (χ0v) is 16.6. The molecule has 0 bridgehead atoms. The van der Waals surface area contributed by atoms with Crippen LogP contribution in [0, 0.1) is 0 Å². The minimum Gasteiger partial charge on any atom is -1.00 e. The molecule has 1 N–H and O–H groups in total. The lowest BCUT2D eigenvalue weighted by molar-refractivity contribution is -0.00000580. The van der Waals surface area contributed by atoms with E-state index in [0.29, 0.717) is 18.2 Å². The number of nitrogens with one attached hydrogen (secondary N) is 1. The number of hydrogen-bond acceptors (Lipinski definition) is 3. The van der Waals surface area contributed by atoms with Crippen molar-refractivity contribution in [1.82, 2.24) is 5.32 Å². The second-order valence-electron chi connectivity index (χ2n) is 5.98. The van der Waals surface area contributed by atoms with Gasteiger partial charge in [-0.25, -0.2) is 0 Å². The molecule has 0 aliphatic carbocycles. The van der Waals surface area contributed by atoms with Gasteiger partial charge in [-0.2, -0.15) is 0 Å². The highest BCUT2D eigenvalue weighted by molar-refractivity contribution is 6.30. The highest BCUT2D eigenvalue weighted by Gasteiger charge is 2.06. The van der Waals surface area contributed by atoms with Gasteiger partial charge in [0, 0.05) is 23.7 Å². The third kappa shape index (κ3) is 6.47. The number of benzene rings is 3. The summed E-state index contributed by atoms with van der Waals surface area (Å²) in [7, 11) is 1.67. The highest BCUT2D eigenvalue weighted by atomic mass is 35.5. The maximum atomic E-state index is 6.17. The van der Waals surface area contributed by atoms with Gasteiger partial charge in [0.1, 0.15) is 18.1 Å². The van der Waals surface area contributed by atoms with Gasteiger partial charge in [0.2, 0.25) is 0 Å². The molecule has 0 amide bonds. The largest absolute Gasteiger partial charge is 1.00 e. The molecule has 0 fully saturated rings. The number of methoxy groups -OCH3 is 1. The lowest BCUT2D eigenvalue weighted by atomic mass is 10.1. The van der Waals surface area contributed by atoms with Crippen molar-refractivity contribution >= 4 is 11.6 Å². The van der Waals surface area contributed by atoms with Crippen molar-refractivity contribution in [2.45, 2.75) is 19.7 Å². The number of hydrogen-bond donors (Lipinski definition) is 1. The maximum Gasteiger partial charge on any atom is 0.124 e. The van der Waals surface area contributed by atoms with E-state index in [9.17, 15) is 0 Å². The quantitative estimate of drug-likeness (QED) is 0.626. The molecule has 0 aliphatic rings. The first kappa shape index (κ1) is 21.1. The summed E-state index contributed by atoms with van der Waals surface area (Å²) in [5.74, 6) is 1.71. The molecule has 27 heavy (non-hydrogen) atoms. The van der Waals surface area contributed by atoms with Gasteiger partial charge in [0.05, 0.1) is 7.11 Å². The average Bonchev–Trinajstić information content (AvgIpc) is 2.69. The smallest absolute Gasteiger partial charge is 0.124 e. The van der Waals surface area contributed by atoms with Crippen molar-refractivity contribution in [3.05, 3.63) is 94.5 Å². The van der Waals surface area contributed by atoms with Gasteiger partial charge in [-0.3, -0.25) is 0 Å². The number of ether oxygens (including phenoxy) is 2. The predicted molar refractivity (Wildman–Crippen MR) is 106 cm³/mol. The summed E-state index contributed by atoms with van der Waals surface area (Å²) in [6, 6.07) is 23.9. The Kier molecular flexibility index (Phi) is 8.46. The fourth-order valence-electron chi connectivity index (χ4n) is 2.65. The molecule has 0 spiro atoms. The van der Waals surface area contributed by atoms with Crippen molar-refractivity contribution < 1.29 is 21.9 Å². The van der Waals surface area contributed by atoms with Crippen LogP contribution in [0.4, 0.5) is 0 Å². The van der Waals surface area contributed by atoms with Crippen LogP contribution in [0.5, 0.6) is 11.5 Å². The molecule has 5 heteroatoms. The fraction of sp³-hybridized carbons (Fsp3) is 0.182. The molecule has 0 aliphatic heterocycles. The maximum absolute atomic E-state index is 6.17. The van der Waals surface area contributed by atoms with E-state index in [4.69, 9.17) is 21.1 Å². The van der Waals surface area contributed by atoms with Crippen LogP contribution < -0.4 is 27.2 Å². The summed E-state index contributed by atoms with van der Waals surface area (Å²) >= 11 is 6.17. The molecule has 0 atom stereocenters. The van der Waals surface area contributed by atoms with Crippen LogP contribution in [0.3, 0.4) is 0 Å². The molecule has 3 rings (SSSR count). The summed E-state index contributed by atoms with van der Waals surface area (Å²) in [5.41, 5.74) is 3.38. The van der Waals surface area contributed by atoms with Crippen molar-refractivity contribution in [3.63, 3.8) is 0 Å². The van der Waals surface area contributed by atoms with Crippen LogP contribution in [0.1, 0.15) is 16.7 Å². The molecule has 3 nitrogen and oxygen atoms in total. The monoisotopic (exact) mass is 402 g/mol. The molecular weight excluding hydrogens is 381 g/mol. The third-order valence-electron chi connectivity index (χ3n) is 4.06. The van der Waals surface area contributed by atoms with E-state index in [1.165, 1.54) is 5.56 Å². The SMILES string of the molecule is COc1ccc(CNCc2cc(Cl)ccc2OCc2ccccc2)cc1.[Cl-]. The molecule has 0 radical (unpaired) electrons. The van der Waals surface area contributed by atoms with Crippen molar-refractivity contribution in [3.8, 4) is 11.5 Å². The summed E-state index contributed by atoms with van der Waals surface area (Å²) in [5, 5.41) is 4.15. The molecular formula is C22H22Cl2NO2-. The van der Waals surface area contributed by atoms with E-state index in [1.54, 1.807) is 7.11 Å². The van der Waals surface area contributed by atoms with E-state index in [1.807, 2.05) is 48.5 Å². The van der Waals surface area contributed by atoms with Gasteiger partial charge >= 0.3 is 0 Å². The van der Waals surface area contributed by atoms with Gasteiger partial charge in [0.15, 0.2) is 0 Å². The van der Waals surface area contributed by atoms with E-state index >= 15 is 0 Å². The first-order valence-electron chi connectivity index (χ1n) is 8.53. The standard InChI is InChI=1S/C22H22ClNO2.ClH/c1-25-21-10-7-17(8-11-21)14-24-15-19-13-20(23)9-12-22(19)26-16-18-5-3-2-4-6-18;/h2-13,24H,14-16H2,1H3;1H/p-1. The Morgan fingerprint density at radius 2 is 1.59 bits per heavy atom. The van der Waals surface area contributed by atoms with Gasteiger partial charge in [-0.15, -0.1) is 0 Å². The molecule has 0 saturated carbocycles. The molecule has 142 valence electrons. The zero-order valence-electron chi connectivity index (χ0n) is 15.1. The third-order valence-corrected chi connectivity index (χ3v) is 4.30. The van der Waals surface area contributed by atoms with Crippen LogP contribution >= 0.6 is 11.6 Å². The zero-order chi connectivity index (χ0) is 18.2. The van der Waals surface area contributed by atoms with Crippen LogP contribution in [-0.2, 0) is 19.7 Å². The van der Waals surface area contributed by atoms with E-state index in [-0.39, 0.29) is 12.4 Å². The lowest BCUT2D eigenvalue weighted by Crippen LogP contribution is -3.00. The Labute approximate surface area is 171 Å². The highest BCUT2D eigenvalue weighted by Crippen LogP contribution is 2.24. The van der Waals surface area contributed by atoms with Crippen LogP contribution in [-0.4, -0.2) is 7.11 Å². The molecule has 0 heterocycles. The molecule has 0 unspecified atom stereocenters. The van der Waals surface area contributed by atoms with Crippen molar-refractivity contribution in [2.75, 3.05) is 7.11 Å². The molecule has 3 aromatic rings. The first-order valence-corrected chi connectivity index (χ1v) is 8.91. The molecule has 3 aromatic carbocycles. The average molecular weight is 403 g/mol. The summed E-state index contributed by atoms with van der Waals surface area (Å²) in [4.78, 5) is 0. The Hall–Kier alpha value is -2.20. The Balaban J connectivity index is 0.00000261. The normalized spacial score (nSPS) is 10.1. The Morgan fingerprint density at radius 3 is 2.30 bits per heavy atom. The minimum absolute atomic E-state index is 0. The van der Waals surface area contributed by atoms with Gasteiger partial charge in [-0.1, -0.05) is 54.1 Å². The number of rotatable bonds is 8. The molecule has 0 aromatic heterocycles. The van der Waals surface area contributed by atoms with Crippen LogP contribution in [0.15, 0.2) is 72.8 Å². The van der Waals surface area contributed by atoms with Gasteiger partial charge < -0.3 is 27.2 Å². The van der Waals surface area contributed by atoms with Crippen molar-refractivity contribution in [2.24, 2.45) is 0 Å². The van der Waals surface area contributed by atoms with Crippen molar-refractivity contribution in [1.29, 1.82) is 0 Å². The van der Waals surface area contributed by atoms with Crippen LogP contribution in [0.2, 0.25) is 5.02 Å². The van der Waals surface area contributed by atoms with E-state index in [2.05, 4.69) is 29.6 Å². The fourth-order valence-corrected chi connectivity index (χ4v) is 2.84. The van der Waals surface area contributed by atoms with Crippen LogP contribution in [0.25, 0.3) is 0 Å². The summed E-state index contributed by atoms with van der Waals surface area (Å²) < 4.78 is 11.2. The van der Waals surface area contributed by atoms with Gasteiger partial charge in [-0.05, 0) is 41.5 Å². The first-order chi connectivity index (χ1) is 12.7. The van der Waals surface area contributed by atoms with E-state index < -0.39 is 0 Å². The predicted octanol–water partition coefficient (Wildman–Crippen LogP) is 2.22. The van der Waals surface area contributed by atoms with E-state index in [0.717, 1.165) is 29.2 Å². The lowest BCUT2D eigenvalue weighted by Gasteiger charge is -2.13. The second kappa shape index (κ2) is 10.8. The Bertz CT molecular complexity index is 823. The minimum atomic E-state index is 0. The Morgan fingerprint density at radius 1 is 0.852 bits per heavy atom. The summed E-state index contributed by atoms with van der Waals surface area (Å²) in [6.45, 7) is 1.97. The molecule has 0 saturated heterocycles. The topological polar surface area (TPSA) is 30.5 Å². The van der Waals surface area contributed by atoms with Gasteiger partial charge in [0.25, 0.3) is 0 Å². The number of halogens is 2. The second-order valence-corrected chi connectivity index (χ2v) is 6.41.